The van der Waals surface area contributed by atoms with Gasteiger partial charge in [-0.15, -0.1) is 0 Å². The van der Waals surface area contributed by atoms with Crippen LogP contribution in [0.3, 0.4) is 0 Å². The number of aromatic nitrogens is 3. The van der Waals surface area contributed by atoms with Gasteiger partial charge in [0.1, 0.15) is 6.33 Å². The molecule has 0 bridgehead atoms. The molecule has 2 aromatic rings. The van der Waals surface area contributed by atoms with Gasteiger partial charge in [-0.2, -0.15) is 5.10 Å². The van der Waals surface area contributed by atoms with Crippen LogP contribution in [0.15, 0.2) is 24.7 Å². The summed E-state index contributed by atoms with van der Waals surface area (Å²) < 4.78 is 1.66. The van der Waals surface area contributed by atoms with Crippen molar-refractivity contribution < 1.29 is 4.79 Å². The molecule has 0 unspecified atom stereocenters. The van der Waals surface area contributed by atoms with Gasteiger partial charge in [0.2, 0.25) is 0 Å². The van der Waals surface area contributed by atoms with Gasteiger partial charge in [-0.3, -0.25) is 4.79 Å². The van der Waals surface area contributed by atoms with Crippen LogP contribution in [-0.2, 0) is 0 Å². The molecule has 21 heavy (non-hydrogen) atoms. The van der Waals surface area contributed by atoms with Crippen molar-refractivity contribution in [2.45, 2.75) is 32.1 Å². The predicted molar refractivity (Wildman–Crippen MR) is 78.9 cm³/mol. The number of amides is 1. The monoisotopic (exact) mass is 284 g/mol. The first-order valence-electron chi connectivity index (χ1n) is 7.89. The second kappa shape index (κ2) is 5.13. The number of carbonyl (C=O) groups excluding carboxylic acids is 1. The second-order valence-corrected chi connectivity index (χ2v) is 6.38. The van der Waals surface area contributed by atoms with E-state index >= 15 is 0 Å². The molecule has 1 N–H and O–H groups in total. The van der Waals surface area contributed by atoms with E-state index in [9.17, 15) is 4.79 Å². The standard InChI is InChI=1S/C16H20N4O/c21-16(12-6-7-20-15(8-12)18-10-19-20)17-9-13-5-4-11-2-1-3-14(11)13/h6-8,10-11,13-14H,1-5,9H2,(H,17,21)/t11-,13+,14-/m0/s1. The third-order valence-electron chi connectivity index (χ3n) is 5.30. The lowest BCUT2D eigenvalue weighted by Crippen LogP contribution is -2.31. The number of carbonyl (C=O) groups is 1. The van der Waals surface area contributed by atoms with Gasteiger partial charge in [-0.1, -0.05) is 12.8 Å². The van der Waals surface area contributed by atoms with E-state index in [-0.39, 0.29) is 5.91 Å². The lowest BCUT2D eigenvalue weighted by Gasteiger charge is -2.18. The van der Waals surface area contributed by atoms with Crippen LogP contribution in [0.5, 0.6) is 0 Å². The third-order valence-corrected chi connectivity index (χ3v) is 5.30. The van der Waals surface area contributed by atoms with Crippen molar-refractivity contribution in [2.75, 3.05) is 6.54 Å². The molecular weight excluding hydrogens is 264 g/mol. The first-order chi connectivity index (χ1) is 10.3. The molecule has 1 amide bonds. The van der Waals surface area contributed by atoms with E-state index in [1.165, 1.54) is 38.4 Å². The highest BCUT2D eigenvalue weighted by atomic mass is 16.1. The maximum Gasteiger partial charge on any atom is 0.251 e. The molecule has 5 nitrogen and oxygen atoms in total. The summed E-state index contributed by atoms with van der Waals surface area (Å²) in [6.45, 7) is 0.817. The number of rotatable bonds is 3. The van der Waals surface area contributed by atoms with Crippen LogP contribution in [0.4, 0.5) is 0 Å². The van der Waals surface area contributed by atoms with Gasteiger partial charge >= 0.3 is 0 Å². The first kappa shape index (κ1) is 12.8. The Bertz CT molecular complexity index is 665. The fraction of sp³-hybridized carbons (Fsp3) is 0.562. The summed E-state index contributed by atoms with van der Waals surface area (Å²) in [5, 5.41) is 7.15. The minimum Gasteiger partial charge on any atom is -0.352 e. The second-order valence-electron chi connectivity index (χ2n) is 6.38. The molecule has 2 aliphatic carbocycles. The first-order valence-corrected chi connectivity index (χ1v) is 7.89. The lowest BCUT2D eigenvalue weighted by atomic mass is 9.92. The zero-order chi connectivity index (χ0) is 14.2. The molecule has 2 aliphatic rings. The van der Waals surface area contributed by atoms with Crippen LogP contribution in [0.2, 0.25) is 0 Å². The van der Waals surface area contributed by atoms with Crippen LogP contribution < -0.4 is 5.32 Å². The Labute approximate surface area is 123 Å². The van der Waals surface area contributed by atoms with Crippen LogP contribution >= 0.6 is 0 Å². The van der Waals surface area contributed by atoms with Crippen LogP contribution in [-0.4, -0.2) is 27.0 Å². The highest BCUT2D eigenvalue weighted by molar-refractivity contribution is 5.94. The topological polar surface area (TPSA) is 59.3 Å². The minimum absolute atomic E-state index is 0.00180. The quantitative estimate of drug-likeness (QED) is 0.940. The molecule has 4 rings (SSSR count). The summed E-state index contributed by atoms with van der Waals surface area (Å²) in [5.41, 5.74) is 1.37. The largest absolute Gasteiger partial charge is 0.352 e. The minimum atomic E-state index is 0.00180. The molecule has 3 atom stereocenters. The molecule has 110 valence electrons. The Balaban J connectivity index is 1.41. The van der Waals surface area contributed by atoms with Gasteiger partial charge in [0, 0.05) is 18.3 Å². The smallest absolute Gasteiger partial charge is 0.251 e. The van der Waals surface area contributed by atoms with E-state index in [1.807, 2.05) is 0 Å². The molecule has 2 fully saturated rings. The van der Waals surface area contributed by atoms with Crippen LogP contribution in [0.1, 0.15) is 42.5 Å². The van der Waals surface area contributed by atoms with Crippen LogP contribution in [0, 0.1) is 17.8 Å². The van der Waals surface area contributed by atoms with E-state index in [1.54, 1.807) is 22.8 Å². The Kier molecular flexibility index (Phi) is 3.13. The van der Waals surface area contributed by atoms with Crippen molar-refractivity contribution in [2.24, 2.45) is 17.8 Å². The van der Waals surface area contributed by atoms with Crippen molar-refractivity contribution >= 4 is 11.6 Å². The summed E-state index contributed by atoms with van der Waals surface area (Å²) in [6.07, 6.45) is 10.0. The molecule has 0 saturated heterocycles. The zero-order valence-corrected chi connectivity index (χ0v) is 12.0. The van der Waals surface area contributed by atoms with Gasteiger partial charge in [-0.05, 0) is 49.1 Å². The van der Waals surface area contributed by atoms with Gasteiger partial charge in [0.25, 0.3) is 5.91 Å². The summed E-state index contributed by atoms with van der Waals surface area (Å²) in [4.78, 5) is 16.4. The van der Waals surface area contributed by atoms with E-state index < -0.39 is 0 Å². The maximum absolute atomic E-state index is 12.3. The average Bonchev–Trinajstić information content (AvgIpc) is 3.20. The Morgan fingerprint density at radius 1 is 1.33 bits per heavy atom. The molecule has 5 heteroatoms. The van der Waals surface area contributed by atoms with E-state index in [4.69, 9.17) is 0 Å². The normalized spacial score (nSPS) is 27.9. The van der Waals surface area contributed by atoms with Gasteiger partial charge in [0.15, 0.2) is 5.65 Å². The Hall–Kier alpha value is -1.91. The molecule has 0 spiro atoms. The van der Waals surface area contributed by atoms with Crippen molar-refractivity contribution in [3.63, 3.8) is 0 Å². The molecule has 2 aromatic heterocycles. The van der Waals surface area contributed by atoms with Gasteiger partial charge in [-0.25, -0.2) is 9.50 Å². The van der Waals surface area contributed by atoms with Crippen molar-refractivity contribution in [1.29, 1.82) is 0 Å². The van der Waals surface area contributed by atoms with Gasteiger partial charge < -0.3 is 5.32 Å². The highest BCUT2D eigenvalue weighted by Crippen LogP contribution is 2.47. The summed E-state index contributed by atoms with van der Waals surface area (Å²) in [5.74, 6) is 2.46. The third kappa shape index (κ3) is 2.30. The molecule has 0 aliphatic heterocycles. The number of pyridine rings is 1. The number of nitrogens with one attached hydrogen (secondary N) is 1. The fourth-order valence-corrected chi connectivity index (χ4v) is 4.22. The number of fused-ring (bicyclic) bond motifs is 2. The highest BCUT2D eigenvalue weighted by Gasteiger charge is 2.38. The molecule has 0 aromatic carbocycles. The maximum atomic E-state index is 12.3. The van der Waals surface area contributed by atoms with E-state index in [2.05, 4.69) is 15.4 Å². The molecule has 2 saturated carbocycles. The van der Waals surface area contributed by atoms with Crippen molar-refractivity contribution in [3.05, 3.63) is 30.2 Å². The lowest BCUT2D eigenvalue weighted by molar-refractivity contribution is 0.0943. The number of hydrogen-bond donors (Lipinski definition) is 1. The summed E-state index contributed by atoms with van der Waals surface area (Å²) in [7, 11) is 0. The summed E-state index contributed by atoms with van der Waals surface area (Å²) in [6, 6.07) is 3.58. The predicted octanol–water partition coefficient (Wildman–Crippen LogP) is 2.29. The van der Waals surface area contributed by atoms with E-state index in [0.29, 0.717) is 17.1 Å². The Morgan fingerprint density at radius 2 is 2.29 bits per heavy atom. The molecular formula is C16H20N4O. The van der Waals surface area contributed by atoms with Gasteiger partial charge in [0.05, 0.1) is 0 Å². The van der Waals surface area contributed by atoms with E-state index in [0.717, 1.165) is 18.4 Å². The molecule has 2 heterocycles. The SMILES string of the molecule is O=C(NC[C@H]1CC[C@@H]2CCC[C@@H]21)c1ccn2ncnc2c1. The number of nitrogens with zero attached hydrogens (tertiary/aromatic N) is 3. The summed E-state index contributed by atoms with van der Waals surface area (Å²) >= 11 is 0. The fourth-order valence-electron chi connectivity index (χ4n) is 4.22. The Morgan fingerprint density at radius 3 is 3.24 bits per heavy atom. The van der Waals surface area contributed by atoms with Crippen molar-refractivity contribution in [1.82, 2.24) is 19.9 Å². The number of hydrogen-bond acceptors (Lipinski definition) is 3. The van der Waals surface area contributed by atoms with Crippen LogP contribution in [0.25, 0.3) is 5.65 Å². The zero-order valence-electron chi connectivity index (χ0n) is 12.0. The van der Waals surface area contributed by atoms with Crippen molar-refractivity contribution in [3.8, 4) is 0 Å². The molecule has 0 radical (unpaired) electrons. The average molecular weight is 284 g/mol.